The molecule has 3 rings (SSSR count). The Balaban J connectivity index is 0.000000501. The van der Waals surface area contributed by atoms with Crippen LogP contribution >= 0.6 is 15.9 Å². The van der Waals surface area contributed by atoms with Crippen molar-refractivity contribution in [2.24, 2.45) is 0 Å². The Morgan fingerprint density at radius 1 is 1.00 bits per heavy atom. The lowest BCUT2D eigenvalue weighted by atomic mass is 10.2. The van der Waals surface area contributed by atoms with Crippen LogP contribution in [0.2, 0.25) is 0 Å². The highest BCUT2D eigenvalue weighted by atomic mass is 79.9. The molecule has 0 unspecified atom stereocenters. The SMILES string of the molecule is COc1ccc(Br)cc1CN1CCN(S(=O)(=O)c2ccccc2)CC1.O=C(O)C(=O)O. The number of hydrogen-bond acceptors (Lipinski definition) is 6. The second-order valence-corrected chi connectivity index (χ2v) is 9.41. The normalized spacial score (nSPS) is 14.9. The number of rotatable bonds is 5. The topological polar surface area (TPSA) is 124 Å². The zero-order valence-corrected chi connectivity index (χ0v) is 19.2. The van der Waals surface area contributed by atoms with Gasteiger partial charge in [0.05, 0.1) is 12.0 Å². The van der Waals surface area contributed by atoms with E-state index in [9.17, 15) is 8.42 Å². The summed E-state index contributed by atoms with van der Waals surface area (Å²) in [5.41, 5.74) is 1.09. The summed E-state index contributed by atoms with van der Waals surface area (Å²) in [5.74, 6) is -2.80. The predicted molar refractivity (Wildman–Crippen MR) is 116 cm³/mol. The fourth-order valence-electron chi connectivity index (χ4n) is 2.98. The number of nitrogens with zero attached hydrogens (tertiary/aromatic N) is 2. The average Bonchev–Trinajstić information content (AvgIpc) is 2.75. The van der Waals surface area contributed by atoms with Crippen LogP contribution in [-0.4, -0.2) is 73.1 Å². The smallest absolute Gasteiger partial charge is 0.414 e. The molecule has 168 valence electrons. The summed E-state index contributed by atoms with van der Waals surface area (Å²) in [7, 11) is -1.74. The maximum Gasteiger partial charge on any atom is 0.414 e. The molecule has 2 N–H and O–H groups in total. The lowest BCUT2D eigenvalue weighted by molar-refractivity contribution is -0.159. The fraction of sp³-hybridized carbons (Fsp3) is 0.300. The Morgan fingerprint density at radius 2 is 1.58 bits per heavy atom. The second-order valence-electron chi connectivity index (χ2n) is 6.56. The lowest BCUT2D eigenvalue weighted by Gasteiger charge is -2.34. The van der Waals surface area contributed by atoms with Crippen LogP contribution in [0.25, 0.3) is 0 Å². The van der Waals surface area contributed by atoms with E-state index < -0.39 is 22.0 Å². The number of sulfonamides is 1. The molecule has 0 aliphatic carbocycles. The second kappa shape index (κ2) is 11.2. The van der Waals surface area contributed by atoms with Gasteiger partial charge in [0.1, 0.15) is 5.75 Å². The van der Waals surface area contributed by atoms with E-state index in [0.717, 1.165) is 22.3 Å². The van der Waals surface area contributed by atoms with Crippen LogP contribution in [0.1, 0.15) is 5.56 Å². The molecule has 0 bridgehead atoms. The van der Waals surface area contributed by atoms with Gasteiger partial charge in [-0.3, -0.25) is 4.90 Å². The number of carbonyl (C=O) groups is 2. The van der Waals surface area contributed by atoms with Crippen LogP contribution in [0.4, 0.5) is 0 Å². The first kappa shape index (κ1) is 24.8. The summed E-state index contributed by atoms with van der Waals surface area (Å²) in [5, 5.41) is 14.8. The molecule has 0 amide bonds. The third kappa shape index (κ3) is 7.03. The maximum absolute atomic E-state index is 12.7. The highest BCUT2D eigenvalue weighted by Crippen LogP contribution is 2.25. The van der Waals surface area contributed by atoms with E-state index >= 15 is 0 Å². The van der Waals surface area contributed by atoms with E-state index in [4.69, 9.17) is 24.5 Å². The third-order valence-corrected chi connectivity index (χ3v) is 6.94. The number of carboxylic acids is 2. The van der Waals surface area contributed by atoms with E-state index in [2.05, 4.69) is 20.8 Å². The first-order valence-electron chi connectivity index (χ1n) is 9.21. The van der Waals surface area contributed by atoms with Crippen LogP contribution in [0.3, 0.4) is 0 Å². The van der Waals surface area contributed by atoms with Gasteiger partial charge in [0.25, 0.3) is 0 Å². The van der Waals surface area contributed by atoms with Crippen molar-refractivity contribution < 1.29 is 33.0 Å². The van der Waals surface area contributed by atoms with Gasteiger partial charge in [0.2, 0.25) is 10.0 Å². The number of piperazine rings is 1. The van der Waals surface area contributed by atoms with Crippen LogP contribution in [-0.2, 0) is 26.2 Å². The van der Waals surface area contributed by atoms with Crippen molar-refractivity contribution in [2.75, 3.05) is 33.3 Å². The van der Waals surface area contributed by atoms with Gasteiger partial charge in [-0.15, -0.1) is 0 Å². The zero-order valence-electron chi connectivity index (χ0n) is 16.8. The number of benzene rings is 2. The number of hydrogen-bond donors (Lipinski definition) is 2. The third-order valence-electron chi connectivity index (χ3n) is 4.53. The number of carboxylic acid groups (broad SMARTS) is 2. The molecule has 1 saturated heterocycles. The first-order valence-corrected chi connectivity index (χ1v) is 11.4. The van der Waals surface area contributed by atoms with Crippen LogP contribution in [0.5, 0.6) is 5.75 Å². The summed E-state index contributed by atoms with van der Waals surface area (Å²) in [6.07, 6.45) is 0. The monoisotopic (exact) mass is 514 g/mol. The van der Waals surface area contributed by atoms with E-state index in [1.54, 1.807) is 35.7 Å². The van der Waals surface area contributed by atoms with Crippen molar-refractivity contribution in [2.45, 2.75) is 11.4 Å². The highest BCUT2D eigenvalue weighted by molar-refractivity contribution is 9.10. The van der Waals surface area contributed by atoms with Crippen molar-refractivity contribution in [1.82, 2.24) is 9.21 Å². The van der Waals surface area contributed by atoms with Gasteiger partial charge in [-0.1, -0.05) is 34.1 Å². The number of methoxy groups -OCH3 is 1. The van der Waals surface area contributed by atoms with Gasteiger partial charge in [-0.25, -0.2) is 18.0 Å². The fourth-order valence-corrected chi connectivity index (χ4v) is 4.83. The molecule has 0 atom stereocenters. The minimum absolute atomic E-state index is 0.358. The largest absolute Gasteiger partial charge is 0.496 e. The van der Waals surface area contributed by atoms with Gasteiger partial charge in [-0.2, -0.15) is 4.31 Å². The summed E-state index contributed by atoms with van der Waals surface area (Å²) in [4.78, 5) is 20.8. The van der Waals surface area contributed by atoms with E-state index in [0.29, 0.717) is 31.1 Å². The predicted octanol–water partition coefficient (Wildman–Crippen LogP) is 2.12. The molecular formula is C20H23BrN2O7S. The van der Waals surface area contributed by atoms with Crippen LogP contribution < -0.4 is 4.74 Å². The van der Waals surface area contributed by atoms with Gasteiger partial charge in [-0.05, 0) is 30.3 Å². The number of aliphatic carboxylic acids is 2. The van der Waals surface area contributed by atoms with Gasteiger partial charge in [0, 0.05) is 42.8 Å². The molecule has 1 aliphatic heterocycles. The molecule has 11 heteroatoms. The molecule has 0 aromatic heterocycles. The quantitative estimate of drug-likeness (QED) is 0.581. The Kier molecular flexibility index (Phi) is 8.99. The van der Waals surface area contributed by atoms with E-state index in [-0.39, 0.29) is 0 Å². The minimum Gasteiger partial charge on any atom is -0.496 e. The number of ether oxygens (including phenoxy) is 1. The molecule has 9 nitrogen and oxygen atoms in total. The summed E-state index contributed by atoms with van der Waals surface area (Å²) in [6.45, 7) is 3.12. The lowest BCUT2D eigenvalue weighted by Crippen LogP contribution is -2.48. The molecular weight excluding hydrogens is 492 g/mol. The van der Waals surface area contributed by atoms with Crippen LogP contribution in [0, 0.1) is 0 Å². The molecule has 31 heavy (non-hydrogen) atoms. The van der Waals surface area contributed by atoms with Crippen molar-refractivity contribution in [1.29, 1.82) is 0 Å². The number of halogens is 1. The Hall–Kier alpha value is -2.47. The molecule has 1 heterocycles. The van der Waals surface area contributed by atoms with Crippen molar-refractivity contribution in [3.05, 3.63) is 58.6 Å². The zero-order chi connectivity index (χ0) is 23.0. The average molecular weight is 515 g/mol. The van der Waals surface area contributed by atoms with Crippen molar-refractivity contribution in [3.8, 4) is 5.75 Å². The first-order chi connectivity index (χ1) is 14.6. The highest BCUT2D eigenvalue weighted by Gasteiger charge is 2.28. The van der Waals surface area contributed by atoms with Gasteiger partial charge < -0.3 is 14.9 Å². The molecule has 1 aliphatic rings. The minimum atomic E-state index is -3.40. The molecule has 2 aromatic carbocycles. The molecule has 1 fully saturated rings. The Morgan fingerprint density at radius 3 is 2.10 bits per heavy atom. The summed E-state index contributed by atoms with van der Waals surface area (Å²) < 4.78 is 33.4. The molecule has 0 radical (unpaired) electrons. The summed E-state index contributed by atoms with van der Waals surface area (Å²) in [6, 6.07) is 14.6. The molecule has 0 spiro atoms. The maximum atomic E-state index is 12.7. The van der Waals surface area contributed by atoms with Crippen LogP contribution in [0.15, 0.2) is 57.9 Å². The van der Waals surface area contributed by atoms with Gasteiger partial charge >= 0.3 is 11.9 Å². The van der Waals surface area contributed by atoms with E-state index in [1.165, 1.54) is 0 Å². The van der Waals surface area contributed by atoms with Crippen molar-refractivity contribution >= 4 is 37.9 Å². The van der Waals surface area contributed by atoms with E-state index in [1.807, 2.05) is 24.3 Å². The van der Waals surface area contributed by atoms with Gasteiger partial charge in [0.15, 0.2) is 0 Å². The summed E-state index contributed by atoms with van der Waals surface area (Å²) >= 11 is 3.49. The standard InChI is InChI=1S/C18H21BrN2O3S.C2H2O4/c1-24-18-8-7-16(19)13-15(18)14-20-9-11-21(12-10-20)25(22,23)17-5-3-2-4-6-17;3-1(4)2(5)6/h2-8,13H,9-12,14H2,1H3;(H,3,4)(H,5,6). The molecule has 0 saturated carbocycles. The molecule has 2 aromatic rings. The Bertz CT molecular complexity index is 995. The Labute approximate surface area is 189 Å². The van der Waals surface area contributed by atoms with Crippen molar-refractivity contribution in [3.63, 3.8) is 0 Å².